The van der Waals surface area contributed by atoms with E-state index in [1.54, 1.807) is 24.3 Å². The molecule has 1 aliphatic rings. The van der Waals surface area contributed by atoms with Gasteiger partial charge in [-0.1, -0.05) is 62.7 Å². The van der Waals surface area contributed by atoms with E-state index in [0.29, 0.717) is 17.5 Å². The molecule has 1 atom stereocenters. The lowest BCUT2D eigenvalue weighted by Crippen LogP contribution is -2.48. The predicted molar refractivity (Wildman–Crippen MR) is 119 cm³/mol. The zero-order valence-electron chi connectivity index (χ0n) is 18.3. The fraction of sp³-hybridized carbons (Fsp3) is 0.417. The van der Waals surface area contributed by atoms with Crippen LogP contribution in [0, 0.1) is 6.92 Å². The van der Waals surface area contributed by atoms with Crippen molar-refractivity contribution in [2.45, 2.75) is 58.4 Å². The fourth-order valence-electron chi connectivity index (χ4n) is 3.33. The van der Waals surface area contributed by atoms with E-state index in [2.05, 4.69) is 65.1 Å². The fourth-order valence-corrected chi connectivity index (χ4v) is 4.68. The van der Waals surface area contributed by atoms with Crippen LogP contribution in [-0.4, -0.2) is 37.7 Å². The van der Waals surface area contributed by atoms with Gasteiger partial charge in [0.05, 0.1) is 23.8 Å². The predicted octanol–water partition coefficient (Wildman–Crippen LogP) is 5.22. The molecule has 2 aromatic carbocycles. The molecule has 0 aromatic heterocycles. The Morgan fingerprint density at radius 3 is 1.93 bits per heavy atom. The number of amides is 2. The number of hydrogen-bond donors (Lipinski definition) is 0. The lowest BCUT2D eigenvalue weighted by Gasteiger charge is -2.40. The second-order valence-corrected chi connectivity index (χ2v) is 14.2. The SMILES string of the molecule is Cc1ccc(C[C@@H](CN2C(=O)c3ccccc3C2=O)O[Si](C)(C)C(C)(C)C)cc1. The van der Waals surface area contributed by atoms with Gasteiger partial charge in [-0.05, 0) is 49.2 Å². The monoisotopic (exact) mass is 409 g/mol. The standard InChI is InChI=1S/C24H31NO3Si/c1-17-11-13-18(14-12-17)15-19(28-29(5,6)24(2,3)4)16-25-22(26)20-9-7-8-10-21(20)23(25)27/h7-14,19H,15-16H2,1-6H3/t19-/m0/s1. The van der Waals surface area contributed by atoms with E-state index in [1.165, 1.54) is 10.5 Å². The molecule has 29 heavy (non-hydrogen) atoms. The molecule has 0 radical (unpaired) electrons. The zero-order valence-corrected chi connectivity index (χ0v) is 19.3. The Bertz CT molecular complexity index is 877. The summed E-state index contributed by atoms with van der Waals surface area (Å²) in [5.41, 5.74) is 3.32. The molecule has 0 bridgehead atoms. The normalized spacial score (nSPS) is 15.6. The van der Waals surface area contributed by atoms with E-state index in [4.69, 9.17) is 4.43 Å². The molecule has 154 valence electrons. The first kappa shape index (κ1) is 21.5. The third-order valence-corrected chi connectivity index (χ3v) is 10.7. The summed E-state index contributed by atoms with van der Waals surface area (Å²) in [6.07, 6.45) is 0.431. The second kappa shape index (κ2) is 7.88. The summed E-state index contributed by atoms with van der Waals surface area (Å²) in [7, 11) is -2.08. The van der Waals surface area contributed by atoms with Gasteiger partial charge in [0.2, 0.25) is 0 Å². The molecule has 0 aliphatic carbocycles. The van der Waals surface area contributed by atoms with Gasteiger partial charge in [-0.15, -0.1) is 0 Å². The van der Waals surface area contributed by atoms with Crippen LogP contribution in [0.4, 0.5) is 0 Å². The summed E-state index contributed by atoms with van der Waals surface area (Å²) >= 11 is 0. The Hall–Kier alpha value is -2.24. The van der Waals surface area contributed by atoms with E-state index in [-0.39, 0.29) is 29.5 Å². The highest BCUT2D eigenvalue weighted by Gasteiger charge is 2.42. The molecular formula is C24H31NO3Si. The lowest BCUT2D eigenvalue weighted by atomic mass is 10.1. The maximum atomic E-state index is 12.9. The summed E-state index contributed by atoms with van der Waals surface area (Å²) < 4.78 is 6.69. The van der Waals surface area contributed by atoms with Crippen molar-refractivity contribution in [3.8, 4) is 0 Å². The highest BCUT2D eigenvalue weighted by atomic mass is 28.4. The van der Waals surface area contributed by atoms with Crippen molar-refractivity contribution in [3.05, 3.63) is 70.8 Å². The second-order valence-electron chi connectivity index (χ2n) is 9.46. The van der Waals surface area contributed by atoms with Crippen LogP contribution in [0.15, 0.2) is 48.5 Å². The molecule has 5 heteroatoms. The number of carbonyl (C=O) groups excluding carboxylic acids is 2. The highest BCUT2D eigenvalue weighted by Crippen LogP contribution is 2.38. The molecule has 0 saturated carbocycles. The van der Waals surface area contributed by atoms with Crippen LogP contribution in [0.5, 0.6) is 0 Å². The summed E-state index contributed by atoms with van der Waals surface area (Å²) in [6, 6.07) is 15.4. The Morgan fingerprint density at radius 2 is 1.45 bits per heavy atom. The van der Waals surface area contributed by atoms with Gasteiger partial charge in [-0.3, -0.25) is 14.5 Å². The van der Waals surface area contributed by atoms with Gasteiger partial charge in [0.1, 0.15) is 0 Å². The first-order chi connectivity index (χ1) is 13.5. The number of carbonyl (C=O) groups is 2. The van der Waals surface area contributed by atoms with Crippen molar-refractivity contribution in [2.75, 3.05) is 6.54 Å². The van der Waals surface area contributed by atoms with Crippen LogP contribution in [0.2, 0.25) is 18.1 Å². The molecule has 2 aromatic rings. The minimum atomic E-state index is -2.08. The molecule has 0 saturated heterocycles. The van der Waals surface area contributed by atoms with Crippen LogP contribution in [0.25, 0.3) is 0 Å². The molecule has 3 rings (SSSR count). The summed E-state index contributed by atoms with van der Waals surface area (Å²) in [4.78, 5) is 27.1. The van der Waals surface area contributed by atoms with Crippen molar-refractivity contribution < 1.29 is 14.0 Å². The number of nitrogens with zero attached hydrogens (tertiary/aromatic N) is 1. The highest BCUT2D eigenvalue weighted by molar-refractivity contribution is 6.74. The average molecular weight is 410 g/mol. The molecule has 1 heterocycles. The van der Waals surface area contributed by atoms with E-state index in [9.17, 15) is 9.59 Å². The number of hydrogen-bond acceptors (Lipinski definition) is 3. The third-order valence-electron chi connectivity index (χ3n) is 6.12. The Kier molecular flexibility index (Phi) is 5.83. The van der Waals surface area contributed by atoms with Crippen molar-refractivity contribution >= 4 is 20.1 Å². The van der Waals surface area contributed by atoms with Crippen LogP contribution in [0.3, 0.4) is 0 Å². The number of aryl methyl sites for hydroxylation is 1. The van der Waals surface area contributed by atoms with Crippen LogP contribution >= 0.6 is 0 Å². The van der Waals surface area contributed by atoms with Crippen LogP contribution in [0.1, 0.15) is 52.6 Å². The van der Waals surface area contributed by atoms with Crippen LogP contribution < -0.4 is 0 Å². The van der Waals surface area contributed by atoms with Gasteiger partial charge in [0.15, 0.2) is 8.32 Å². The van der Waals surface area contributed by atoms with Gasteiger partial charge in [0.25, 0.3) is 11.8 Å². The van der Waals surface area contributed by atoms with Crippen molar-refractivity contribution in [1.82, 2.24) is 4.90 Å². The van der Waals surface area contributed by atoms with Crippen molar-refractivity contribution in [1.29, 1.82) is 0 Å². The Balaban J connectivity index is 1.86. The van der Waals surface area contributed by atoms with Crippen molar-refractivity contribution in [2.24, 2.45) is 0 Å². The first-order valence-corrected chi connectivity index (χ1v) is 13.1. The Morgan fingerprint density at radius 1 is 0.931 bits per heavy atom. The minimum Gasteiger partial charge on any atom is -0.412 e. The summed E-state index contributed by atoms with van der Waals surface area (Å²) in [5, 5.41) is 0.0422. The van der Waals surface area contributed by atoms with E-state index in [0.717, 1.165) is 5.56 Å². The number of rotatable bonds is 6. The molecule has 1 aliphatic heterocycles. The number of fused-ring (bicyclic) bond motifs is 1. The quantitative estimate of drug-likeness (QED) is 0.485. The maximum absolute atomic E-state index is 12.9. The maximum Gasteiger partial charge on any atom is 0.261 e. The smallest absolute Gasteiger partial charge is 0.261 e. The topological polar surface area (TPSA) is 46.6 Å². The number of benzene rings is 2. The minimum absolute atomic E-state index is 0.0422. The van der Waals surface area contributed by atoms with Gasteiger partial charge >= 0.3 is 0 Å². The molecule has 0 unspecified atom stereocenters. The van der Waals surface area contributed by atoms with Gasteiger partial charge < -0.3 is 4.43 Å². The van der Waals surface area contributed by atoms with E-state index < -0.39 is 8.32 Å². The molecule has 0 spiro atoms. The number of imide groups is 1. The average Bonchev–Trinajstić information content (AvgIpc) is 2.88. The largest absolute Gasteiger partial charge is 0.412 e. The molecule has 4 nitrogen and oxygen atoms in total. The van der Waals surface area contributed by atoms with Gasteiger partial charge in [-0.25, -0.2) is 0 Å². The third kappa shape index (κ3) is 4.51. The lowest BCUT2D eigenvalue weighted by molar-refractivity contribution is 0.0557. The van der Waals surface area contributed by atoms with Crippen molar-refractivity contribution in [3.63, 3.8) is 0 Å². The summed E-state index contributed by atoms with van der Waals surface area (Å²) in [6.45, 7) is 13.3. The first-order valence-electron chi connectivity index (χ1n) is 10.2. The molecule has 0 N–H and O–H groups in total. The van der Waals surface area contributed by atoms with E-state index in [1.807, 2.05) is 0 Å². The molecular weight excluding hydrogens is 378 g/mol. The van der Waals surface area contributed by atoms with Gasteiger partial charge in [0, 0.05) is 0 Å². The Labute approximate surface area is 175 Å². The van der Waals surface area contributed by atoms with Gasteiger partial charge in [-0.2, -0.15) is 0 Å². The van der Waals surface area contributed by atoms with E-state index >= 15 is 0 Å². The summed E-state index contributed by atoms with van der Waals surface area (Å²) in [5.74, 6) is -0.448. The molecule has 2 amide bonds. The van der Waals surface area contributed by atoms with Crippen LogP contribution in [-0.2, 0) is 10.8 Å². The zero-order chi connectivity index (χ0) is 21.4. The molecule has 0 fully saturated rings.